The Hall–Kier alpha value is -6.44. The molecule has 7 aliphatic carbocycles. The highest BCUT2D eigenvalue weighted by Crippen LogP contribution is 2.70. The third kappa shape index (κ3) is 5.05. The predicted octanol–water partition coefficient (Wildman–Crippen LogP) is 16.8. The van der Waals surface area contributed by atoms with Crippen LogP contribution in [0.4, 0.5) is 17.1 Å². The number of nitrogens with zero attached hydrogens (tertiary/aromatic N) is 1. The van der Waals surface area contributed by atoms with Crippen LogP contribution in [0.15, 0.2) is 176 Å². The van der Waals surface area contributed by atoms with Gasteiger partial charge in [0, 0.05) is 33.3 Å². The molecule has 0 unspecified atom stereocenters. The molecular formula is C64H55N. The van der Waals surface area contributed by atoms with E-state index in [4.69, 9.17) is 0 Å². The van der Waals surface area contributed by atoms with E-state index in [1.54, 1.807) is 11.1 Å². The van der Waals surface area contributed by atoms with E-state index >= 15 is 0 Å². The van der Waals surface area contributed by atoms with Gasteiger partial charge in [0.2, 0.25) is 0 Å². The van der Waals surface area contributed by atoms with Crippen LogP contribution >= 0.6 is 0 Å². The molecule has 4 saturated carbocycles. The Bertz CT molecular complexity index is 3260. The standard InChI is InChI=1S/C64H55N/c1-62(2)56-21-10-7-16-49(56)52-30-28-45(37-59(52)62)65(46-29-31-53-50-17-9-12-23-58(50)64(60(53)38-46)42-33-39-32-40(35-42)36-43(64)34-39)44-26-24-41(25-27-44)47-14-5-6-15-48(47)54-19-13-20-55-51-18-8-11-22-57(51)63(3,4)61(54)55/h5-31,37-40,42-43H,32-36H2,1-4H3. The maximum absolute atomic E-state index is 2.66. The zero-order valence-electron chi connectivity index (χ0n) is 38.0. The first-order valence-corrected chi connectivity index (χ1v) is 24.4. The molecule has 4 fully saturated rings. The Morgan fingerprint density at radius 1 is 0.338 bits per heavy atom. The van der Waals surface area contributed by atoms with Crippen LogP contribution in [-0.4, -0.2) is 0 Å². The lowest BCUT2D eigenvalue weighted by Gasteiger charge is -2.61. The van der Waals surface area contributed by atoms with Gasteiger partial charge >= 0.3 is 0 Å². The molecule has 0 saturated heterocycles. The third-order valence-corrected chi connectivity index (χ3v) is 17.9. The fourth-order valence-corrected chi connectivity index (χ4v) is 15.4. The van der Waals surface area contributed by atoms with Gasteiger partial charge in [0.1, 0.15) is 0 Å². The fraction of sp³-hybridized carbons (Fsp3) is 0.250. The Morgan fingerprint density at radius 2 is 0.769 bits per heavy atom. The number of hydrogen-bond acceptors (Lipinski definition) is 1. The van der Waals surface area contributed by atoms with Crippen molar-refractivity contribution in [2.45, 2.75) is 76.0 Å². The van der Waals surface area contributed by atoms with Crippen molar-refractivity contribution >= 4 is 17.1 Å². The molecule has 1 heteroatoms. The van der Waals surface area contributed by atoms with Gasteiger partial charge in [-0.05, 0) is 181 Å². The summed E-state index contributed by atoms with van der Waals surface area (Å²) in [5, 5.41) is 0. The highest BCUT2D eigenvalue weighted by molar-refractivity contribution is 5.94. The first-order valence-electron chi connectivity index (χ1n) is 24.4. The summed E-state index contributed by atoms with van der Waals surface area (Å²) in [6.07, 6.45) is 7.00. The van der Waals surface area contributed by atoms with Crippen LogP contribution in [0.5, 0.6) is 0 Å². The molecular weight excluding hydrogens is 783 g/mol. The van der Waals surface area contributed by atoms with Crippen molar-refractivity contribution in [3.63, 3.8) is 0 Å². The van der Waals surface area contributed by atoms with E-state index in [1.165, 1.54) is 127 Å². The highest BCUT2D eigenvalue weighted by atomic mass is 15.1. The molecule has 0 N–H and O–H groups in total. The first kappa shape index (κ1) is 37.9. The van der Waals surface area contributed by atoms with Crippen molar-refractivity contribution in [3.05, 3.63) is 209 Å². The molecule has 8 aromatic rings. The average molecular weight is 838 g/mol. The summed E-state index contributed by atoms with van der Waals surface area (Å²) < 4.78 is 0. The molecule has 0 aliphatic heterocycles. The van der Waals surface area contributed by atoms with Gasteiger partial charge in [0.05, 0.1) is 0 Å². The second-order valence-corrected chi connectivity index (χ2v) is 21.7. The van der Waals surface area contributed by atoms with E-state index in [-0.39, 0.29) is 16.2 Å². The lowest BCUT2D eigenvalue weighted by molar-refractivity contribution is -0.0399. The minimum Gasteiger partial charge on any atom is -0.310 e. The fourth-order valence-electron chi connectivity index (χ4n) is 15.4. The molecule has 8 aromatic carbocycles. The summed E-state index contributed by atoms with van der Waals surface area (Å²) in [5.41, 5.74) is 25.9. The van der Waals surface area contributed by atoms with Crippen molar-refractivity contribution in [1.29, 1.82) is 0 Å². The molecule has 0 heterocycles. The SMILES string of the molecule is CC1(C)c2ccccc2-c2ccc(N(c3ccc(-c4ccccc4-c4cccc5c4C(C)(C)c4ccccc4-5)cc3)c3ccc4c(c3)C3(c5ccccc5-4)C4CC5CC(C4)CC3C5)cc21. The molecule has 316 valence electrons. The molecule has 15 rings (SSSR count). The van der Waals surface area contributed by atoms with E-state index in [1.807, 2.05) is 0 Å². The van der Waals surface area contributed by atoms with Crippen LogP contribution in [0.2, 0.25) is 0 Å². The average Bonchev–Trinajstić information content (AvgIpc) is 3.85. The molecule has 1 spiro atoms. The third-order valence-electron chi connectivity index (χ3n) is 17.9. The second-order valence-electron chi connectivity index (χ2n) is 21.7. The van der Waals surface area contributed by atoms with Gasteiger partial charge in [-0.3, -0.25) is 0 Å². The smallest absolute Gasteiger partial charge is 0.0465 e. The van der Waals surface area contributed by atoms with Crippen molar-refractivity contribution in [3.8, 4) is 55.6 Å². The van der Waals surface area contributed by atoms with Crippen LogP contribution in [0.3, 0.4) is 0 Å². The maximum Gasteiger partial charge on any atom is 0.0465 e. The van der Waals surface area contributed by atoms with Gasteiger partial charge in [0.15, 0.2) is 0 Å². The van der Waals surface area contributed by atoms with Gasteiger partial charge in [-0.25, -0.2) is 0 Å². The quantitative estimate of drug-likeness (QED) is 0.167. The Labute approximate surface area is 384 Å². The lowest BCUT2D eigenvalue weighted by atomic mass is 9.43. The molecule has 0 atom stereocenters. The van der Waals surface area contributed by atoms with Crippen molar-refractivity contribution < 1.29 is 0 Å². The van der Waals surface area contributed by atoms with Gasteiger partial charge in [-0.15, -0.1) is 0 Å². The first-order chi connectivity index (χ1) is 31.7. The molecule has 0 aromatic heterocycles. The van der Waals surface area contributed by atoms with Gasteiger partial charge in [-0.2, -0.15) is 0 Å². The van der Waals surface area contributed by atoms with E-state index in [2.05, 4.69) is 209 Å². The molecule has 4 bridgehead atoms. The summed E-state index contributed by atoms with van der Waals surface area (Å²) in [6, 6.07) is 67.9. The summed E-state index contributed by atoms with van der Waals surface area (Å²) in [5.74, 6) is 3.25. The molecule has 1 nitrogen and oxygen atoms in total. The Morgan fingerprint density at radius 3 is 1.40 bits per heavy atom. The number of benzene rings is 8. The van der Waals surface area contributed by atoms with Gasteiger partial charge in [0.25, 0.3) is 0 Å². The van der Waals surface area contributed by atoms with Gasteiger partial charge in [-0.1, -0.05) is 167 Å². The van der Waals surface area contributed by atoms with Crippen molar-refractivity contribution in [1.82, 2.24) is 0 Å². The van der Waals surface area contributed by atoms with E-state index in [0.717, 1.165) is 11.8 Å². The summed E-state index contributed by atoms with van der Waals surface area (Å²) in [7, 11) is 0. The monoisotopic (exact) mass is 837 g/mol. The number of fused-ring (bicyclic) bond motifs is 9. The topological polar surface area (TPSA) is 3.24 Å². The zero-order chi connectivity index (χ0) is 43.4. The Kier molecular flexibility index (Phi) is 7.77. The van der Waals surface area contributed by atoms with E-state index in [0.29, 0.717) is 11.8 Å². The Balaban J connectivity index is 0.924. The highest BCUT2D eigenvalue weighted by Gasteiger charge is 2.61. The predicted molar refractivity (Wildman–Crippen MR) is 270 cm³/mol. The number of hydrogen-bond donors (Lipinski definition) is 0. The van der Waals surface area contributed by atoms with Gasteiger partial charge < -0.3 is 4.90 Å². The molecule has 0 amide bonds. The van der Waals surface area contributed by atoms with Crippen LogP contribution < -0.4 is 4.90 Å². The van der Waals surface area contributed by atoms with Crippen LogP contribution in [0.25, 0.3) is 55.6 Å². The lowest BCUT2D eigenvalue weighted by Crippen LogP contribution is -2.55. The minimum absolute atomic E-state index is 0.0985. The summed E-state index contributed by atoms with van der Waals surface area (Å²) >= 11 is 0. The van der Waals surface area contributed by atoms with Crippen LogP contribution in [0, 0.1) is 23.7 Å². The van der Waals surface area contributed by atoms with E-state index in [9.17, 15) is 0 Å². The molecule has 65 heavy (non-hydrogen) atoms. The van der Waals surface area contributed by atoms with Crippen molar-refractivity contribution in [2.24, 2.45) is 23.7 Å². The van der Waals surface area contributed by atoms with E-state index < -0.39 is 0 Å². The van der Waals surface area contributed by atoms with Crippen molar-refractivity contribution in [2.75, 3.05) is 4.90 Å². The maximum atomic E-state index is 2.66. The minimum atomic E-state index is -0.0990. The number of anilines is 3. The largest absolute Gasteiger partial charge is 0.310 e. The summed E-state index contributed by atoms with van der Waals surface area (Å²) in [4.78, 5) is 2.58. The molecule has 0 radical (unpaired) electrons. The number of rotatable bonds is 5. The molecule has 7 aliphatic rings. The normalized spacial score (nSPS) is 23.7. The zero-order valence-corrected chi connectivity index (χ0v) is 38.0. The van der Waals surface area contributed by atoms with Crippen LogP contribution in [0.1, 0.15) is 93.2 Å². The second kappa shape index (κ2) is 13.3. The summed E-state index contributed by atoms with van der Waals surface area (Å²) in [6.45, 7) is 9.61. The van der Waals surface area contributed by atoms with Crippen LogP contribution in [-0.2, 0) is 16.2 Å².